The normalized spacial score (nSPS) is 22.2. The molecular weight excluding hydrogens is 437 g/mol. The van der Waals surface area contributed by atoms with E-state index in [1.165, 1.54) is 4.90 Å². The highest BCUT2D eigenvalue weighted by atomic mass is 35.5. The number of rotatable bonds is 8. The number of hydrogen-bond acceptors (Lipinski definition) is 3. The highest BCUT2D eigenvalue weighted by Crippen LogP contribution is 2.44. The second kappa shape index (κ2) is 10.3. The fourth-order valence-electron chi connectivity index (χ4n) is 4.01. The van der Waals surface area contributed by atoms with Crippen molar-refractivity contribution in [1.29, 1.82) is 0 Å². The summed E-state index contributed by atoms with van der Waals surface area (Å²) in [5.74, 6) is -1.41. The quantitative estimate of drug-likeness (QED) is 0.501. The third-order valence-electron chi connectivity index (χ3n) is 5.38. The molecule has 0 saturated carbocycles. The maximum Gasteiger partial charge on any atom is 0.326 e. The Labute approximate surface area is 192 Å². The number of ether oxygens (including phenoxy) is 1. The summed E-state index contributed by atoms with van der Waals surface area (Å²) in [5, 5.41) is 11.1. The molecule has 7 heteroatoms. The zero-order valence-electron chi connectivity index (χ0n) is 17.2. The summed E-state index contributed by atoms with van der Waals surface area (Å²) in [4.78, 5) is 27.2. The van der Waals surface area contributed by atoms with Crippen LogP contribution in [0.25, 0.3) is 0 Å². The van der Waals surface area contributed by atoms with Crippen molar-refractivity contribution in [3.63, 3.8) is 0 Å². The number of benzene rings is 2. The maximum absolute atomic E-state index is 13.5. The summed E-state index contributed by atoms with van der Waals surface area (Å²) in [6, 6.07) is 12.6. The molecular formula is C24H25Cl2NO4. The van der Waals surface area contributed by atoms with Crippen LogP contribution in [0.2, 0.25) is 10.0 Å². The first-order chi connectivity index (χ1) is 14.9. The highest BCUT2D eigenvalue weighted by molar-refractivity contribution is 6.30. The Morgan fingerprint density at radius 3 is 2.48 bits per heavy atom. The molecule has 1 heterocycles. The lowest BCUT2D eigenvalue weighted by Gasteiger charge is -2.47. The zero-order chi connectivity index (χ0) is 22.5. The Morgan fingerprint density at radius 1 is 1.19 bits per heavy atom. The summed E-state index contributed by atoms with van der Waals surface area (Å²) >= 11 is 12.3. The van der Waals surface area contributed by atoms with E-state index in [1.807, 2.05) is 19.1 Å². The zero-order valence-corrected chi connectivity index (χ0v) is 18.7. The van der Waals surface area contributed by atoms with Gasteiger partial charge >= 0.3 is 5.97 Å². The van der Waals surface area contributed by atoms with Crippen molar-refractivity contribution < 1.29 is 19.4 Å². The molecule has 4 atom stereocenters. The average molecular weight is 462 g/mol. The van der Waals surface area contributed by atoms with Crippen LogP contribution >= 0.6 is 23.2 Å². The van der Waals surface area contributed by atoms with E-state index in [-0.39, 0.29) is 12.3 Å². The van der Waals surface area contributed by atoms with Crippen LogP contribution in [-0.2, 0) is 14.3 Å². The van der Waals surface area contributed by atoms with Crippen molar-refractivity contribution in [3.8, 4) is 0 Å². The van der Waals surface area contributed by atoms with Crippen LogP contribution in [0.1, 0.15) is 49.5 Å². The van der Waals surface area contributed by atoms with Crippen LogP contribution < -0.4 is 0 Å². The van der Waals surface area contributed by atoms with Gasteiger partial charge in [0.15, 0.2) is 0 Å². The van der Waals surface area contributed by atoms with Crippen molar-refractivity contribution >= 4 is 35.1 Å². The molecule has 1 N–H and O–H groups in total. The average Bonchev–Trinajstić information content (AvgIpc) is 2.74. The van der Waals surface area contributed by atoms with Gasteiger partial charge in [0.25, 0.3) is 5.91 Å². The predicted octanol–water partition coefficient (Wildman–Crippen LogP) is 5.83. The molecule has 0 bridgehead atoms. The number of amides is 1. The number of carboxylic acids is 1. The number of carbonyl (C=O) groups is 2. The largest absolute Gasteiger partial charge is 0.480 e. The molecule has 2 aromatic rings. The number of carboxylic acid groups (broad SMARTS) is 1. The number of halogens is 2. The van der Waals surface area contributed by atoms with Gasteiger partial charge in [-0.2, -0.15) is 0 Å². The molecule has 1 fully saturated rings. The van der Waals surface area contributed by atoms with Crippen molar-refractivity contribution in [1.82, 2.24) is 4.90 Å². The number of aliphatic carboxylic acids is 1. The second-order valence-electron chi connectivity index (χ2n) is 7.51. The summed E-state index contributed by atoms with van der Waals surface area (Å²) in [6.45, 7) is 5.62. The highest BCUT2D eigenvalue weighted by Gasteiger charge is 2.47. The third-order valence-corrected chi connectivity index (χ3v) is 5.87. The van der Waals surface area contributed by atoms with Crippen molar-refractivity contribution in [2.75, 3.05) is 0 Å². The van der Waals surface area contributed by atoms with Gasteiger partial charge in [-0.3, -0.25) is 4.79 Å². The van der Waals surface area contributed by atoms with Gasteiger partial charge in [-0.1, -0.05) is 66.9 Å². The van der Waals surface area contributed by atoms with E-state index in [2.05, 4.69) is 6.58 Å². The van der Waals surface area contributed by atoms with Crippen LogP contribution in [0.5, 0.6) is 0 Å². The van der Waals surface area contributed by atoms with Gasteiger partial charge < -0.3 is 14.7 Å². The molecule has 0 spiro atoms. The van der Waals surface area contributed by atoms with Crippen LogP contribution in [0.4, 0.5) is 0 Å². The van der Waals surface area contributed by atoms with Crippen molar-refractivity contribution in [2.24, 2.45) is 0 Å². The molecule has 0 aliphatic carbocycles. The summed E-state index contributed by atoms with van der Waals surface area (Å²) in [5.41, 5.74) is 1.50. The van der Waals surface area contributed by atoms with Gasteiger partial charge in [-0.15, -0.1) is 6.58 Å². The molecule has 1 aliphatic heterocycles. The van der Waals surface area contributed by atoms with Crippen LogP contribution in [-0.4, -0.2) is 34.0 Å². The Bertz CT molecular complexity index is 947. The molecule has 1 aliphatic rings. The first-order valence-corrected chi connectivity index (χ1v) is 10.9. The van der Waals surface area contributed by atoms with Gasteiger partial charge in [0.05, 0.1) is 6.04 Å². The molecule has 5 nitrogen and oxygen atoms in total. The fraction of sp³-hybridized carbons (Fsp3) is 0.333. The van der Waals surface area contributed by atoms with E-state index < -0.39 is 30.3 Å². The molecule has 1 saturated heterocycles. The monoisotopic (exact) mass is 461 g/mol. The maximum atomic E-state index is 13.5. The van der Waals surface area contributed by atoms with E-state index in [1.54, 1.807) is 42.5 Å². The Balaban J connectivity index is 2.20. The summed E-state index contributed by atoms with van der Waals surface area (Å²) in [7, 11) is 0. The standard InChI is InChI=1S/C24H25Cl2NO4/c1-3-6-19(24(29)30)27-21(15-10-12-17(25)13-11-15)22(16-8-5-9-18(26)14-16)31-20(7-4-2)23(27)28/h4-5,8-14,19-22H,2-3,6-7H2,1H3,(H,29,30)/t19-,20-,21+,22-/m1/s1. The van der Waals surface area contributed by atoms with Gasteiger partial charge in [0.2, 0.25) is 0 Å². The number of hydrogen-bond donors (Lipinski definition) is 1. The summed E-state index contributed by atoms with van der Waals surface area (Å²) in [6.07, 6.45) is 1.38. The van der Waals surface area contributed by atoms with Crippen LogP contribution in [0.15, 0.2) is 61.2 Å². The SMILES string of the molecule is C=CC[C@H]1O[C@H](c2cccc(Cl)c2)[C@H](c2ccc(Cl)cc2)N([C@H](CCC)C(=O)O)C1=O. The van der Waals surface area contributed by atoms with Gasteiger partial charge in [0.1, 0.15) is 18.2 Å². The molecule has 2 aromatic carbocycles. The predicted molar refractivity (Wildman–Crippen MR) is 121 cm³/mol. The topological polar surface area (TPSA) is 66.8 Å². The molecule has 164 valence electrons. The Morgan fingerprint density at radius 2 is 1.90 bits per heavy atom. The Hall–Kier alpha value is -2.34. The minimum absolute atomic E-state index is 0.276. The molecule has 31 heavy (non-hydrogen) atoms. The van der Waals surface area contributed by atoms with E-state index in [4.69, 9.17) is 27.9 Å². The minimum atomic E-state index is -1.04. The fourth-order valence-corrected chi connectivity index (χ4v) is 4.33. The first kappa shape index (κ1) is 23.3. The van der Waals surface area contributed by atoms with Crippen LogP contribution in [0.3, 0.4) is 0 Å². The van der Waals surface area contributed by atoms with Crippen molar-refractivity contribution in [2.45, 2.75) is 50.5 Å². The number of carbonyl (C=O) groups excluding carboxylic acids is 1. The molecule has 1 amide bonds. The molecule has 3 rings (SSSR count). The minimum Gasteiger partial charge on any atom is -0.480 e. The first-order valence-electron chi connectivity index (χ1n) is 10.2. The van der Waals surface area contributed by atoms with Gasteiger partial charge in [-0.25, -0.2) is 4.79 Å². The van der Waals surface area contributed by atoms with E-state index in [9.17, 15) is 14.7 Å². The lowest BCUT2D eigenvalue weighted by Crippen LogP contribution is -2.56. The van der Waals surface area contributed by atoms with E-state index in [0.717, 1.165) is 11.1 Å². The summed E-state index contributed by atoms with van der Waals surface area (Å²) < 4.78 is 6.27. The lowest BCUT2D eigenvalue weighted by atomic mass is 9.89. The van der Waals surface area contributed by atoms with E-state index in [0.29, 0.717) is 22.9 Å². The lowest BCUT2D eigenvalue weighted by molar-refractivity contribution is -0.184. The van der Waals surface area contributed by atoms with E-state index >= 15 is 0 Å². The molecule has 0 unspecified atom stereocenters. The van der Waals surface area contributed by atoms with Gasteiger partial charge in [0, 0.05) is 16.5 Å². The van der Waals surface area contributed by atoms with Crippen LogP contribution in [0, 0.1) is 0 Å². The molecule has 0 radical (unpaired) electrons. The second-order valence-corrected chi connectivity index (χ2v) is 8.38. The molecule has 0 aromatic heterocycles. The number of nitrogens with zero attached hydrogens (tertiary/aromatic N) is 1. The van der Waals surface area contributed by atoms with Crippen molar-refractivity contribution in [3.05, 3.63) is 82.4 Å². The smallest absolute Gasteiger partial charge is 0.326 e. The third kappa shape index (κ3) is 5.12. The van der Waals surface area contributed by atoms with Gasteiger partial charge in [-0.05, 0) is 41.8 Å². The Kier molecular flexibility index (Phi) is 7.76. The number of morpholine rings is 1.